The van der Waals surface area contributed by atoms with Crippen LogP contribution in [0.2, 0.25) is 0 Å². The minimum atomic E-state index is 0.324. The number of rotatable bonds is 4. The summed E-state index contributed by atoms with van der Waals surface area (Å²) < 4.78 is 0. The lowest BCUT2D eigenvalue weighted by Gasteiger charge is -2.17. The van der Waals surface area contributed by atoms with Crippen molar-refractivity contribution in [3.05, 3.63) is 30.0 Å². The highest BCUT2D eigenvalue weighted by atomic mass is 15.2. The number of aryl methyl sites for hydroxylation is 1. The number of fused-ring (bicyclic) bond motifs is 1. The Hall–Kier alpha value is -1.68. The number of nitrogens with one attached hydrogen (secondary N) is 1. The Labute approximate surface area is 107 Å². The number of nitrogens with zero attached hydrogens (tertiary/aromatic N) is 2. The standard InChI is InChI=1S/C14H18N4/c1-9-11-4-2-3-5-12(11)14(18-17-9)16-13(8-15)10-6-7-10/h2-5,10,13H,6-8,15H2,1H3,(H,16,18). The average molecular weight is 242 g/mol. The Bertz CT molecular complexity index is 563. The second kappa shape index (κ2) is 4.53. The Kier molecular flexibility index (Phi) is 2.88. The first-order valence-electron chi connectivity index (χ1n) is 6.48. The molecule has 0 saturated heterocycles. The van der Waals surface area contributed by atoms with E-state index in [1.807, 2.05) is 19.1 Å². The van der Waals surface area contributed by atoms with Gasteiger partial charge in [0.25, 0.3) is 0 Å². The summed E-state index contributed by atoms with van der Waals surface area (Å²) in [6.45, 7) is 2.63. The van der Waals surface area contributed by atoms with Crippen LogP contribution in [0, 0.1) is 12.8 Å². The van der Waals surface area contributed by atoms with Crippen molar-refractivity contribution in [2.45, 2.75) is 25.8 Å². The smallest absolute Gasteiger partial charge is 0.156 e. The highest BCUT2D eigenvalue weighted by Crippen LogP contribution is 2.34. The molecule has 4 nitrogen and oxygen atoms in total. The van der Waals surface area contributed by atoms with Gasteiger partial charge >= 0.3 is 0 Å². The predicted molar refractivity (Wildman–Crippen MR) is 73.5 cm³/mol. The predicted octanol–water partition coefficient (Wildman–Crippen LogP) is 2.09. The zero-order valence-corrected chi connectivity index (χ0v) is 10.6. The van der Waals surface area contributed by atoms with Gasteiger partial charge in [-0.25, -0.2) is 0 Å². The Morgan fingerprint density at radius 2 is 2.00 bits per heavy atom. The molecule has 18 heavy (non-hydrogen) atoms. The molecule has 1 aromatic carbocycles. The number of aromatic nitrogens is 2. The van der Waals surface area contributed by atoms with Crippen LogP contribution in [0.4, 0.5) is 5.82 Å². The van der Waals surface area contributed by atoms with Crippen LogP contribution >= 0.6 is 0 Å². The van der Waals surface area contributed by atoms with E-state index in [9.17, 15) is 0 Å². The zero-order valence-electron chi connectivity index (χ0n) is 10.6. The van der Waals surface area contributed by atoms with Gasteiger partial charge < -0.3 is 11.1 Å². The van der Waals surface area contributed by atoms with Crippen LogP contribution in [-0.2, 0) is 0 Å². The topological polar surface area (TPSA) is 63.8 Å². The lowest BCUT2D eigenvalue weighted by molar-refractivity contribution is 0.641. The maximum atomic E-state index is 5.82. The number of nitrogens with two attached hydrogens (primary N) is 1. The quantitative estimate of drug-likeness (QED) is 0.861. The van der Waals surface area contributed by atoms with Gasteiger partial charge in [-0.05, 0) is 25.7 Å². The molecule has 0 radical (unpaired) electrons. The van der Waals surface area contributed by atoms with E-state index < -0.39 is 0 Å². The van der Waals surface area contributed by atoms with Crippen LogP contribution in [-0.4, -0.2) is 22.8 Å². The molecule has 1 aliphatic rings. The minimum absolute atomic E-state index is 0.324. The van der Waals surface area contributed by atoms with Crippen LogP contribution in [0.25, 0.3) is 10.8 Å². The molecule has 0 bridgehead atoms. The van der Waals surface area contributed by atoms with Gasteiger partial charge in [0.2, 0.25) is 0 Å². The van der Waals surface area contributed by atoms with E-state index in [0.717, 1.165) is 22.3 Å². The number of anilines is 1. The summed E-state index contributed by atoms with van der Waals surface area (Å²) in [4.78, 5) is 0. The fourth-order valence-corrected chi connectivity index (χ4v) is 2.39. The van der Waals surface area contributed by atoms with E-state index in [2.05, 4.69) is 27.6 Å². The van der Waals surface area contributed by atoms with E-state index in [-0.39, 0.29) is 0 Å². The molecule has 1 unspecified atom stereocenters. The van der Waals surface area contributed by atoms with Gasteiger partial charge in [0.1, 0.15) is 0 Å². The largest absolute Gasteiger partial charge is 0.364 e. The van der Waals surface area contributed by atoms with Crippen molar-refractivity contribution in [3.63, 3.8) is 0 Å². The number of benzene rings is 1. The van der Waals surface area contributed by atoms with Crippen LogP contribution in [0.3, 0.4) is 0 Å². The van der Waals surface area contributed by atoms with E-state index in [4.69, 9.17) is 5.73 Å². The molecule has 3 rings (SSSR count). The highest BCUT2D eigenvalue weighted by Gasteiger charge is 2.30. The lowest BCUT2D eigenvalue weighted by Crippen LogP contribution is -2.31. The molecule has 1 fully saturated rings. The van der Waals surface area contributed by atoms with Gasteiger partial charge in [-0.1, -0.05) is 24.3 Å². The van der Waals surface area contributed by atoms with Crippen molar-refractivity contribution in [1.29, 1.82) is 0 Å². The first-order chi connectivity index (χ1) is 8.79. The monoisotopic (exact) mass is 242 g/mol. The van der Waals surface area contributed by atoms with E-state index in [0.29, 0.717) is 18.5 Å². The molecule has 0 amide bonds. The first kappa shape index (κ1) is 11.4. The van der Waals surface area contributed by atoms with Crippen LogP contribution in [0.15, 0.2) is 24.3 Å². The van der Waals surface area contributed by atoms with Gasteiger partial charge in [-0.2, -0.15) is 5.10 Å². The fraction of sp³-hybridized carbons (Fsp3) is 0.429. The van der Waals surface area contributed by atoms with Crippen molar-refractivity contribution < 1.29 is 0 Å². The number of hydrogen-bond acceptors (Lipinski definition) is 4. The van der Waals surface area contributed by atoms with Crippen molar-refractivity contribution in [2.24, 2.45) is 11.7 Å². The molecule has 1 aromatic heterocycles. The lowest BCUT2D eigenvalue weighted by atomic mass is 10.1. The Morgan fingerprint density at radius 3 is 2.67 bits per heavy atom. The highest BCUT2D eigenvalue weighted by molar-refractivity contribution is 5.92. The van der Waals surface area contributed by atoms with Gasteiger partial charge in [-0.3, -0.25) is 0 Å². The van der Waals surface area contributed by atoms with Gasteiger partial charge in [0.05, 0.1) is 5.69 Å². The van der Waals surface area contributed by atoms with E-state index >= 15 is 0 Å². The van der Waals surface area contributed by atoms with Crippen molar-refractivity contribution in [3.8, 4) is 0 Å². The van der Waals surface area contributed by atoms with Gasteiger partial charge in [0.15, 0.2) is 5.82 Å². The Balaban J connectivity index is 1.98. The summed E-state index contributed by atoms with van der Waals surface area (Å²) >= 11 is 0. The molecule has 0 aliphatic heterocycles. The fourth-order valence-electron chi connectivity index (χ4n) is 2.39. The zero-order chi connectivity index (χ0) is 12.5. The summed E-state index contributed by atoms with van der Waals surface area (Å²) in [5, 5.41) is 14.3. The maximum Gasteiger partial charge on any atom is 0.156 e. The van der Waals surface area contributed by atoms with Gasteiger partial charge in [-0.15, -0.1) is 5.10 Å². The maximum absolute atomic E-state index is 5.82. The molecule has 1 heterocycles. The molecular weight excluding hydrogens is 224 g/mol. The molecule has 1 saturated carbocycles. The van der Waals surface area contributed by atoms with Crippen LogP contribution in [0.5, 0.6) is 0 Å². The van der Waals surface area contributed by atoms with Crippen molar-refractivity contribution >= 4 is 16.6 Å². The average Bonchev–Trinajstić information content (AvgIpc) is 3.23. The molecule has 94 valence electrons. The first-order valence-corrected chi connectivity index (χ1v) is 6.48. The van der Waals surface area contributed by atoms with Gasteiger partial charge in [0, 0.05) is 23.4 Å². The molecule has 0 spiro atoms. The third-order valence-corrected chi connectivity index (χ3v) is 3.64. The van der Waals surface area contributed by atoms with Crippen molar-refractivity contribution in [2.75, 3.05) is 11.9 Å². The normalized spacial score (nSPS) is 16.8. The summed E-state index contributed by atoms with van der Waals surface area (Å²) in [6, 6.07) is 8.55. The number of hydrogen-bond donors (Lipinski definition) is 2. The molecule has 3 N–H and O–H groups in total. The molecule has 2 aromatic rings. The van der Waals surface area contributed by atoms with Crippen LogP contribution in [0.1, 0.15) is 18.5 Å². The summed E-state index contributed by atoms with van der Waals surface area (Å²) in [5.74, 6) is 1.57. The minimum Gasteiger partial charge on any atom is -0.364 e. The third kappa shape index (κ3) is 2.04. The SMILES string of the molecule is Cc1nnc(NC(CN)C2CC2)c2ccccc12. The molecule has 1 aliphatic carbocycles. The summed E-state index contributed by atoms with van der Waals surface area (Å²) in [7, 11) is 0. The molecule has 4 heteroatoms. The summed E-state index contributed by atoms with van der Waals surface area (Å²) in [5.41, 5.74) is 6.79. The molecular formula is C14H18N4. The van der Waals surface area contributed by atoms with Crippen molar-refractivity contribution in [1.82, 2.24) is 10.2 Å². The van der Waals surface area contributed by atoms with E-state index in [1.54, 1.807) is 0 Å². The second-order valence-electron chi connectivity index (χ2n) is 5.00. The van der Waals surface area contributed by atoms with E-state index in [1.165, 1.54) is 12.8 Å². The summed E-state index contributed by atoms with van der Waals surface area (Å²) in [6.07, 6.45) is 2.54. The molecule has 1 atom stereocenters. The second-order valence-corrected chi connectivity index (χ2v) is 5.00. The van der Waals surface area contributed by atoms with Crippen LogP contribution < -0.4 is 11.1 Å². The Morgan fingerprint density at radius 1 is 1.28 bits per heavy atom. The third-order valence-electron chi connectivity index (χ3n) is 3.64.